The van der Waals surface area contributed by atoms with Crippen LogP contribution in [-0.4, -0.2) is 84.8 Å². The molecule has 0 unspecified atom stereocenters. The predicted octanol–water partition coefficient (Wildman–Crippen LogP) is 1.16. The molecule has 40 heavy (non-hydrogen) atoms. The number of nitrogens with zero attached hydrogens (tertiary/aromatic N) is 6. The van der Waals surface area contributed by atoms with Gasteiger partial charge in [0.05, 0.1) is 30.6 Å². The first kappa shape index (κ1) is 27.2. The highest BCUT2D eigenvalue weighted by atomic mass is 19.1. The van der Waals surface area contributed by atoms with Gasteiger partial charge in [-0.25, -0.2) is 14.4 Å². The highest BCUT2D eigenvalue weighted by Crippen LogP contribution is 2.47. The van der Waals surface area contributed by atoms with Crippen LogP contribution in [0.25, 0.3) is 11.3 Å². The number of benzene rings is 1. The lowest BCUT2D eigenvalue weighted by atomic mass is 10.0. The van der Waals surface area contributed by atoms with Crippen molar-refractivity contribution in [3.8, 4) is 23.1 Å². The molecule has 13 heteroatoms. The summed E-state index contributed by atoms with van der Waals surface area (Å²) >= 11 is 0. The Morgan fingerprint density at radius 2 is 2.15 bits per heavy atom. The van der Waals surface area contributed by atoms with Gasteiger partial charge in [-0.2, -0.15) is 10.4 Å². The van der Waals surface area contributed by atoms with Gasteiger partial charge in [-0.05, 0) is 36.1 Å². The van der Waals surface area contributed by atoms with E-state index < -0.39 is 30.9 Å². The SMILES string of the molecule is Cn1cc([C@@H]2C[C@H]2C(=O)Nc2cc(-c3ccc(O[C@H]4CCN(C(=O)[C@@H](O)CO)C[C@H]4F)c(C#N)c3)ncn2)cn1. The van der Waals surface area contributed by atoms with Gasteiger partial charge in [0.2, 0.25) is 5.91 Å². The third-order valence-electron chi connectivity index (χ3n) is 7.12. The van der Waals surface area contributed by atoms with E-state index in [0.29, 0.717) is 17.1 Å². The summed E-state index contributed by atoms with van der Waals surface area (Å²) in [5.74, 6) is -0.390. The third kappa shape index (κ3) is 5.78. The van der Waals surface area contributed by atoms with E-state index in [1.165, 1.54) is 6.33 Å². The summed E-state index contributed by atoms with van der Waals surface area (Å²) in [5, 5.41) is 35.2. The van der Waals surface area contributed by atoms with Gasteiger partial charge < -0.3 is 25.2 Å². The second-order valence-electron chi connectivity index (χ2n) is 9.94. The minimum absolute atomic E-state index is 0.129. The van der Waals surface area contributed by atoms with Crippen molar-refractivity contribution in [2.75, 3.05) is 25.0 Å². The maximum atomic E-state index is 14.8. The zero-order valence-electron chi connectivity index (χ0n) is 21.6. The summed E-state index contributed by atoms with van der Waals surface area (Å²) < 4.78 is 22.3. The van der Waals surface area contributed by atoms with Crippen LogP contribution in [0, 0.1) is 17.2 Å². The number of halogens is 1. The van der Waals surface area contributed by atoms with Crippen LogP contribution in [0.15, 0.2) is 43.0 Å². The van der Waals surface area contributed by atoms with Gasteiger partial charge in [-0.3, -0.25) is 14.3 Å². The number of hydrogen-bond donors (Lipinski definition) is 3. The number of nitriles is 1. The second-order valence-corrected chi connectivity index (χ2v) is 9.94. The van der Waals surface area contributed by atoms with Gasteiger partial charge in [0.1, 0.15) is 30.1 Å². The van der Waals surface area contributed by atoms with E-state index in [-0.39, 0.29) is 48.6 Å². The van der Waals surface area contributed by atoms with Crippen LogP contribution in [-0.2, 0) is 16.6 Å². The summed E-state index contributed by atoms with van der Waals surface area (Å²) in [6.07, 6.45) is 1.85. The smallest absolute Gasteiger partial charge is 0.253 e. The number of carbonyl (C=O) groups excluding carboxylic acids is 2. The lowest BCUT2D eigenvalue weighted by Crippen LogP contribution is -2.52. The Labute approximate surface area is 229 Å². The predicted molar refractivity (Wildman–Crippen MR) is 138 cm³/mol. The largest absolute Gasteiger partial charge is 0.486 e. The summed E-state index contributed by atoms with van der Waals surface area (Å²) in [6.45, 7) is -0.891. The molecule has 0 radical (unpaired) electrons. The van der Waals surface area contributed by atoms with Crippen LogP contribution >= 0.6 is 0 Å². The molecule has 0 bridgehead atoms. The molecule has 3 N–H and O–H groups in total. The molecular weight excluding hydrogens is 521 g/mol. The molecule has 5 atom stereocenters. The third-order valence-corrected chi connectivity index (χ3v) is 7.12. The Hall–Kier alpha value is -4.41. The van der Waals surface area contributed by atoms with Crippen molar-refractivity contribution in [3.05, 3.63) is 54.1 Å². The van der Waals surface area contributed by atoms with Gasteiger partial charge in [0, 0.05) is 43.8 Å². The van der Waals surface area contributed by atoms with Crippen LogP contribution in [0.1, 0.15) is 29.9 Å². The van der Waals surface area contributed by atoms with Gasteiger partial charge in [0.15, 0.2) is 12.3 Å². The summed E-state index contributed by atoms with van der Waals surface area (Å²) in [6, 6.07) is 8.46. The summed E-state index contributed by atoms with van der Waals surface area (Å²) in [4.78, 5) is 34.3. The Kier molecular flexibility index (Phi) is 7.72. The Morgan fingerprint density at radius 1 is 1.32 bits per heavy atom. The van der Waals surface area contributed by atoms with E-state index in [1.54, 1.807) is 35.1 Å². The van der Waals surface area contributed by atoms with E-state index in [1.807, 2.05) is 13.2 Å². The van der Waals surface area contributed by atoms with Gasteiger partial charge in [-0.1, -0.05) is 0 Å². The molecule has 0 spiro atoms. The zero-order valence-corrected chi connectivity index (χ0v) is 21.6. The Morgan fingerprint density at radius 3 is 2.85 bits per heavy atom. The highest BCUT2D eigenvalue weighted by molar-refractivity contribution is 5.94. The number of likely N-dealkylation sites (tertiary alicyclic amines) is 1. The molecule has 1 aromatic carbocycles. The molecule has 2 aliphatic rings. The van der Waals surface area contributed by atoms with Crippen LogP contribution in [0.2, 0.25) is 0 Å². The first-order valence-corrected chi connectivity index (χ1v) is 12.8. The fourth-order valence-electron chi connectivity index (χ4n) is 4.83. The number of aryl methyl sites for hydroxylation is 1. The number of rotatable bonds is 8. The quantitative estimate of drug-likeness (QED) is 0.374. The summed E-state index contributed by atoms with van der Waals surface area (Å²) in [7, 11) is 1.83. The molecule has 5 rings (SSSR count). The molecule has 1 saturated heterocycles. The van der Waals surface area contributed by atoms with Crippen LogP contribution in [0.5, 0.6) is 5.75 Å². The standard InChI is InChI=1S/C27H28FN7O5/c1-34-11-17(10-32-34)18-7-19(18)26(38)33-25-8-21(30-14-31-25)15-2-3-23(16(6-15)9-29)40-24-4-5-35(12-20(24)28)27(39)22(37)13-36/h2-3,6,8,10-11,14,18-20,22,24,36-37H,4-5,7,12-13H2,1H3,(H,30,31,33,38)/t18-,19+,20+,22-,24-/m0/s1. The second kappa shape index (κ2) is 11.4. The van der Waals surface area contributed by atoms with E-state index >= 15 is 0 Å². The number of alkyl halides is 1. The highest BCUT2D eigenvalue weighted by Gasteiger charge is 2.44. The number of anilines is 1. The molecule has 3 heterocycles. The molecule has 1 aliphatic heterocycles. The topological polar surface area (TPSA) is 166 Å². The lowest BCUT2D eigenvalue weighted by Gasteiger charge is -2.35. The average Bonchev–Trinajstić information content (AvgIpc) is 3.66. The number of carbonyl (C=O) groups is 2. The van der Waals surface area contributed by atoms with Crippen molar-refractivity contribution in [3.63, 3.8) is 0 Å². The van der Waals surface area contributed by atoms with E-state index in [0.717, 1.165) is 16.9 Å². The minimum Gasteiger partial charge on any atom is -0.486 e. The van der Waals surface area contributed by atoms with Crippen LogP contribution in [0.3, 0.4) is 0 Å². The fourth-order valence-corrected chi connectivity index (χ4v) is 4.83. The number of ether oxygens (including phenoxy) is 1. The van der Waals surface area contributed by atoms with Crippen molar-refractivity contribution >= 4 is 17.6 Å². The van der Waals surface area contributed by atoms with E-state index in [4.69, 9.17) is 9.84 Å². The van der Waals surface area contributed by atoms with Gasteiger partial charge in [0.25, 0.3) is 5.91 Å². The number of piperidine rings is 1. The molecule has 1 saturated carbocycles. The van der Waals surface area contributed by atoms with E-state index in [9.17, 15) is 24.3 Å². The molecular formula is C27H28FN7O5. The lowest BCUT2D eigenvalue weighted by molar-refractivity contribution is -0.146. The van der Waals surface area contributed by atoms with Crippen molar-refractivity contribution in [1.82, 2.24) is 24.6 Å². The minimum atomic E-state index is -1.59. The van der Waals surface area contributed by atoms with Crippen molar-refractivity contribution < 1.29 is 28.9 Å². The van der Waals surface area contributed by atoms with Crippen LogP contribution in [0.4, 0.5) is 10.2 Å². The molecule has 3 aromatic rings. The monoisotopic (exact) mass is 549 g/mol. The van der Waals surface area contributed by atoms with Crippen LogP contribution < -0.4 is 10.1 Å². The number of amides is 2. The Bertz CT molecular complexity index is 1460. The number of nitrogens with one attached hydrogen (secondary N) is 1. The van der Waals surface area contributed by atoms with Gasteiger partial charge >= 0.3 is 0 Å². The molecule has 208 valence electrons. The normalized spacial score (nSPS) is 22.7. The average molecular weight is 550 g/mol. The number of aromatic nitrogens is 4. The molecule has 2 amide bonds. The van der Waals surface area contributed by atoms with E-state index in [2.05, 4.69) is 26.5 Å². The van der Waals surface area contributed by atoms with Gasteiger partial charge in [-0.15, -0.1) is 0 Å². The maximum Gasteiger partial charge on any atom is 0.253 e. The van der Waals surface area contributed by atoms with Crippen molar-refractivity contribution in [2.45, 2.75) is 37.1 Å². The zero-order chi connectivity index (χ0) is 28.4. The van der Waals surface area contributed by atoms with Crippen molar-refractivity contribution in [2.24, 2.45) is 13.0 Å². The van der Waals surface area contributed by atoms with Crippen molar-refractivity contribution in [1.29, 1.82) is 5.26 Å². The number of hydrogen-bond acceptors (Lipinski definition) is 9. The maximum absolute atomic E-state index is 14.8. The Balaban J connectivity index is 1.23. The molecule has 2 aromatic heterocycles. The molecule has 12 nitrogen and oxygen atoms in total. The number of aliphatic hydroxyl groups excluding tert-OH is 2. The first-order chi connectivity index (χ1) is 19.3. The number of aliphatic hydroxyl groups is 2. The fraction of sp³-hybridized carbons (Fsp3) is 0.407. The molecule has 1 aliphatic carbocycles. The molecule has 2 fully saturated rings. The summed E-state index contributed by atoms with van der Waals surface area (Å²) in [5.41, 5.74) is 2.25. The first-order valence-electron chi connectivity index (χ1n) is 12.8.